The van der Waals surface area contributed by atoms with Gasteiger partial charge in [0.25, 0.3) is 0 Å². The Hall–Kier alpha value is -2.27. The number of rotatable bonds is 4. The van der Waals surface area contributed by atoms with Gasteiger partial charge in [0.15, 0.2) is 0 Å². The van der Waals surface area contributed by atoms with Gasteiger partial charge in [0.05, 0.1) is 5.60 Å². The topological polar surface area (TPSA) is 36.4 Å². The highest BCUT2D eigenvalue weighted by Gasteiger charge is 2.33. The van der Waals surface area contributed by atoms with E-state index in [-0.39, 0.29) is 5.82 Å². The van der Waals surface area contributed by atoms with E-state index in [0.717, 1.165) is 46.9 Å². The highest BCUT2D eigenvalue weighted by atomic mass is 35.5. The summed E-state index contributed by atoms with van der Waals surface area (Å²) in [5.74, 6) is -0.280. The van der Waals surface area contributed by atoms with E-state index in [9.17, 15) is 9.50 Å². The monoisotopic (exact) mass is 396 g/mol. The smallest absolute Gasteiger partial charge is 0.123 e. The fourth-order valence-corrected chi connectivity index (χ4v) is 3.89. The normalized spacial score (nSPS) is 16.8. The number of piperidine rings is 1. The fourth-order valence-electron chi connectivity index (χ4n) is 3.76. The van der Waals surface area contributed by atoms with Gasteiger partial charge in [-0.05, 0) is 59.9 Å². The summed E-state index contributed by atoms with van der Waals surface area (Å²) >= 11 is 5.97. The molecule has 0 unspecified atom stereocenters. The number of aliphatic hydroxyl groups is 1. The Morgan fingerprint density at radius 2 is 1.64 bits per heavy atom. The maximum atomic E-state index is 13.2. The summed E-state index contributed by atoms with van der Waals surface area (Å²) in [5.41, 5.74) is 3.20. The van der Waals surface area contributed by atoms with Crippen molar-refractivity contribution in [3.63, 3.8) is 0 Å². The summed E-state index contributed by atoms with van der Waals surface area (Å²) in [5, 5.41) is 11.7. The minimum atomic E-state index is -0.881. The lowest BCUT2D eigenvalue weighted by Gasteiger charge is -2.38. The number of pyridine rings is 1. The average Bonchev–Trinajstić information content (AvgIpc) is 2.71. The van der Waals surface area contributed by atoms with E-state index in [1.54, 1.807) is 12.1 Å². The second-order valence-corrected chi connectivity index (χ2v) is 7.84. The summed E-state index contributed by atoms with van der Waals surface area (Å²) in [4.78, 5) is 6.71. The lowest BCUT2D eigenvalue weighted by Crippen LogP contribution is -2.42. The summed E-state index contributed by atoms with van der Waals surface area (Å²) in [6.07, 6.45) is 5.00. The molecule has 144 valence electrons. The SMILES string of the molecule is OC1(c2ccc(F)cc2)CCN(Cc2cncc(-c3ccc(Cl)cc3)c2)CC1. The van der Waals surface area contributed by atoms with Crippen LogP contribution in [-0.4, -0.2) is 28.1 Å². The molecule has 0 bridgehead atoms. The average molecular weight is 397 g/mol. The number of hydrogen-bond donors (Lipinski definition) is 1. The first-order chi connectivity index (χ1) is 13.5. The fraction of sp³-hybridized carbons (Fsp3) is 0.261. The van der Waals surface area contributed by atoms with Crippen LogP contribution in [0.4, 0.5) is 4.39 Å². The molecule has 1 aliphatic heterocycles. The molecule has 1 saturated heterocycles. The summed E-state index contributed by atoms with van der Waals surface area (Å²) in [6, 6.07) is 16.1. The van der Waals surface area contributed by atoms with Gasteiger partial charge in [-0.1, -0.05) is 35.9 Å². The molecular formula is C23H22ClFN2O. The van der Waals surface area contributed by atoms with Crippen LogP contribution in [-0.2, 0) is 12.1 Å². The first-order valence-electron chi connectivity index (χ1n) is 9.42. The van der Waals surface area contributed by atoms with Gasteiger partial charge in [-0.25, -0.2) is 4.39 Å². The van der Waals surface area contributed by atoms with Crippen LogP contribution in [0.15, 0.2) is 67.0 Å². The third-order valence-electron chi connectivity index (χ3n) is 5.44. The van der Waals surface area contributed by atoms with E-state index in [0.29, 0.717) is 12.8 Å². The van der Waals surface area contributed by atoms with E-state index in [1.165, 1.54) is 12.1 Å². The van der Waals surface area contributed by atoms with Crippen LogP contribution in [0.2, 0.25) is 5.02 Å². The van der Waals surface area contributed by atoms with E-state index < -0.39 is 5.60 Å². The molecule has 28 heavy (non-hydrogen) atoms. The first-order valence-corrected chi connectivity index (χ1v) is 9.80. The molecular weight excluding hydrogens is 375 g/mol. The van der Waals surface area contributed by atoms with E-state index in [1.807, 2.05) is 36.7 Å². The van der Waals surface area contributed by atoms with Crippen molar-refractivity contribution in [1.82, 2.24) is 9.88 Å². The zero-order chi connectivity index (χ0) is 19.6. The van der Waals surface area contributed by atoms with Gasteiger partial charge < -0.3 is 5.11 Å². The highest BCUT2D eigenvalue weighted by molar-refractivity contribution is 6.30. The third kappa shape index (κ3) is 4.25. The van der Waals surface area contributed by atoms with Crippen LogP contribution in [0.5, 0.6) is 0 Å². The van der Waals surface area contributed by atoms with Crippen molar-refractivity contribution in [2.45, 2.75) is 25.0 Å². The molecule has 1 aromatic heterocycles. The zero-order valence-electron chi connectivity index (χ0n) is 15.5. The van der Waals surface area contributed by atoms with Crippen LogP contribution in [0.25, 0.3) is 11.1 Å². The molecule has 3 nitrogen and oxygen atoms in total. The van der Waals surface area contributed by atoms with Gasteiger partial charge in [0, 0.05) is 42.6 Å². The predicted molar refractivity (Wildman–Crippen MR) is 109 cm³/mol. The molecule has 1 aliphatic rings. The predicted octanol–water partition coefficient (Wildman–Crippen LogP) is 5.02. The lowest BCUT2D eigenvalue weighted by atomic mass is 9.84. The Bertz CT molecular complexity index is 936. The van der Waals surface area contributed by atoms with Crippen LogP contribution in [0, 0.1) is 5.82 Å². The molecule has 1 N–H and O–H groups in total. The van der Waals surface area contributed by atoms with E-state index in [2.05, 4.69) is 16.0 Å². The molecule has 4 rings (SSSR count). The van der Waals surface area contributed by atoms with Crippen LogP contribution >= 0.6 is 11.6 Å². The molecule has 0 aliphatic carbocycles. The van der Waals surface area contributed by atoms with Crippen molar-refractivity contribution in [1.29, 1.82) is 0 Å². The Labute approximate surface area is 169 Å². The molecule has 0 radical (unpaired) electrons. The molecule has 1 fully saturated rings. The van der Waals surface area contributed by atoms with E-state index >= 15 is 0 Å². The largest absolute Gasteiger partial charge is 0.385 e. The van der Waals surface area contributed by atoms with Crippen molar-refractivity contribution in [2.75, 3.05) is 13.1 Å². The molecule has 0 atom stereocenters. The Balaban J connectivity index is 1.42. The Morgan fingerprint density at radius 1 is 0.964 bits per heavy atom. The number of hydrogen-bond acceptors (Lipinski definition) is 3. The molecule has 0 spiro atoms. The Kier molecular flexibility index (Phi) is 5.44. The van der Waals surface area contributed by atoms with Gasteiger partial charge in [-0.2, -0.15) is 0 Å². The van der Waals surface area contributed by atoms with Crippen LogP contribution < -0.4 is 0 Å². The van der Waals surface area contributed by atoms with Gasteiger partial charge >= 0.3 is 0 Å². The summed E-state index contributed by atoms with van der Waals surface area (Å²) in [7, 11) is 0. The molecule has 0 amide bonds. The first kappa shape index (κ1) is 19.1. The van der Waals surface area contributed by atoms with Crippen LogP contribution in [0.1, 0.15) is 24.0 Å². The second-order valence-electron chi connectivity index (χ2n) is 7.40. The quantitative estimate of drug-likeness (QED) is 0.672. The van der Waals surface area contributed by atoms with Crippen molar-refractivity contribution in [3.05, 3.63) is 89.0 Å². The second kappa shape index (κ2) is 8.00. The number of halogens is 2. The molecule has 5 heteroatoms. The lowest BCUT2D eigenvalue weighted by molar-refractivity contribution is -0.0277. The van der Waals surface area contributed by atoms with Crippen LogP contribution in [0.3, 0.4) is 0 Å². The number of likely N-dealkylation sites (tertiary alicyclic amines) is 1. The minimum absolute atomic E-state index is 0.280. The van der Waals surface area contributed by atoms with Gasteiger partial charge in [-0.15, -0.1) is 0 Å². The molecule has 2 heterocycles. The molecule has 3 aromatic rings. The Morgan fingerprint density at radius 3 is 2.32 bits per heavy atom. The third-order valence-corrected chi connectivity index (χ3v) is 5.70. The standard InChI is InChI=1S/C23H22ClFN2O/c24-21-5-1-18(2-6-21)19-13-17(14-26-15-19)16-27-11-9-23(28,10-12-27)20-3-7-22(25)8-4-20/h1-8,13-15,28H,9-12,16H2. The number of benzene rings is 2. The zero-order valence-corrected chi connectivity index (χ0v) is 16.2. The van der Waals surface area contributed by atoms with Crippen molar-refractivity contribution in [2.24, 2.45) is 0 Å². The molecule has 2 aromatic carbocycles. The minimum Gasteiger partial charge on any atom is -0.385 e. The number of aromatic nitrogens is 1. The van der Waals surface area contributed by atoms with Gasteiger partial charge in [0.1, 0.15) is 5.82 Å². The van der Waals surface area contributed by atoms with E-state index in [4.69, 9.17) is 11.6 Å². The highest BCUT2D eigenvalue weighted by Crippen LogP contribution is 2.33. The summed E-state index contributed by atoms with van der Waals surface area (Å²) < 4.78 is 13.2. The summed E-state index contributed by atoms with van der Waals surface area (Å²) in [6.45, 7) is 2.34. The molecule has 0 saturated carbocycles. The maximum absolute atomic E-state index is 13.2. The maximum Gasteiger partial charge on any atom is 0.123 e. The van der Waals surface area contributed by atoms with Crippen molar-refractivity contribution < 1.29 is 9.50 Å². The van der Waals surface area contributed by atoms with Gasteiger partial charge in [0.2, 0.25) is 0 Å². The number of nitrogens with zero attached hydrogens (tertiary/aromatic N) is 2. The van der Waals surface area contributed by atoms with Crippen molar-refractivity contribution in [3.8, 4) is 11.1 Å². The van der Waals surface area contributed by atoms with Gasteiger partial charge in [-0.3, -0.25) is 9.88 Å². The van der Waals surface area contributed by atoms with Crippen molar-refractivity contribution >= 4 is 11.6 Å².